The molecule has 0 saturated carbocycles. The van der Waals surface area contributed by atoms with Crippen LogP contribution in [0.4, 0.5) is 0 Å². The minimum Gasteiger partial charge on any atom is -0.550 e. The van der Waals surface area contributed by atoms with E-state index in [9.17, 15) is 9.90 Å². The minimum absolute atomic E-state index is 0.0376. The highest BCUT2D eigenvalue weighted by Gasteiger charge is 2.33. The van der Waals surface area contributed by atoms with Crippen molar-refractivity contribution in [2.24, 2.45) is 5.92 Å². The molecule has 1 aliphatic carbocycles. The fourth-order valence-corrected chi connectivity index (χ4v) is 4.75. The second-order valence-electron chi connectivity index (χ2n) is 7.07. The van der Waals surface area contributed by atoms with E-state index in [-0.39, 0.29) is 12.0 Å². The highest BCUT2D eigenvalue weighted by atomic mass is 79.9. The highest BCUT2D eigenvalue weighted by molar-refractivity contribution is 9.10. The summed E-state index contributed by atoms with van der Waals surface area (Å²) in [5, 5.41) is 12.0. The number of carbonyl (C=O) groups is 1. The van der Waals surface area contributed by atoms with Gasteiger partial charge >= 0.3 is 0 Å². The van der Waals surface area contributed by atoms with Gasteiger partial charge < -0.3 is 9.90 Å². The summed E-state index contributed by atoms with van der Waals surface area (Å²) in [6.45, 7) is 1.45. The van der Waals surface area contributed by atoms with Gasteiger partial charge in [-0.1, -0.05) is 17.7 Å². The Labute approximate surface area is 166 Å². The van der Waals surface area contributed by atoms with E-state index in [1.54, 1.807) is 0 Å². The smallest absolute Gasteiger partial charge is 0.0781 e. The SMILES string of the molecule is O=C([O-])C1CCN(C2c3ccc(Cl)cc3CCc3cc(Br)cnc32)CC1. The first-order chi connectivity index (χ1) is 12.5. The summed E-state index contributed by atoms with van der Waals surface area (Å²) in [4.78, 5) is 18.3. The molecule has 2 aromatic rings. The molecule has 6 heteroatoms. The molecule has 1 aromatic heterocycles. The molecule has 1 unspecified atom stereocenters. The fraction of sp³-hybridized carbons (Fsp3) is 0.400. The van der Waals surface area contributed by atoms with Crippen LogP contribution in [0.2, 0.25) is 5.02 Å². The molecule has 1 fully saturated rings. The number of carboxylic acid groups (broad SMARTS) is 1. The van der Waals surface area contributed by atoms with Gasteiger partial charge in [-0.25, -0.2) is 0 Å². The highest BCUT2D eigenvalue weighted by Crippen LogP contribution is 2.39. The molecule has 26 heavy (non-hydrogen) atoms. The normalized spacial score (nSPS) is 20.9. The fourth-order valence-electron chi connectivity index (χ4n) is 4.18. The lowest BCUT2D eigenvalue weighted by molar-refractivity contribution is -0.312. The number of carbonyl (C=O) groups excluding carboxylic acids is 1. The number of benzene rings is 1. The number of carboxylic acids is 1. The third kappa shape index (κ3) is 3.40. The topological polar surface area (TPSA) is 56.3 Å². The van der Waals surface area contributed by atoms with Crippen molar-refractivity contribution in [2.45, 2.75) is 31.7 Å². The predicted octanol–water partition coefficient (Wildman–Crippen LogP) is 3.15. The monoisotopic (exact) mass is 433 g/mol. The third-order valence-corrected chi connectivity index (χ3v) is 6.19. The molecule has 1 aliphatic heterocycles. The molecule has 2 heterocycles. The van der Waals surface area contributed by atoms with Crippen LogP contribution in [0, 0.1) is 5.92 Å². The Morgan fingerprint density at radius 1 is 1.19 bits per heavy atom. The van der Waals surface area contributed by atoms with Crippen molar-refractivity contribution in [3.8, 4) is 0 Å². The number of nitrogens with zero attached hydrogens (tertiary/aromatic N) is 2. The van der Waals surface area contributed by atoms with Gasteiger partial charge in [0.05, 0.1) is 11.7 Å². The van der Waals surface area contributed by atoms with Gasteiger partial charge in [0.1, 0.15) is 0 Å². The van der Waals surface area contributed by atoms with Gasteiger partial charge in [-0.3, -0.25) is 9.88 Å². The zero-order valence-corrected chi connectivity index (χ0v) is 16.6. The van der Waals surface area contributed by atoms with Crippen molar-refractivity contribution in [1.82, 2.24) is 9.88 Å². The van der Waals surface area contributed by atoms with Crippen LogP contribution in [0.25, 0.3) is 0 Å². The summed E-state index contributed by atoms with van der Waals surface area (Å²) in [7, 11) is 0. The molecular weight excluding hydrogens is 416 g/mol. The lowest BCUT2D eigenvalue weighted by Gasteiger charge is -2.38. The Hall–Kier alpha value is -1.43. The number of hydrogen-bond donors (Lipinski definition) is 0. The average Bonchev–Trinajstić information content (AvgIpc) is 2.78. The lowest BCUT2D eigenvalue weighted by atomic mass is 9.91. The molecule has 4 rings (SSSR count). The molecule has 2 aliphatic rings. The minimum atomic E-state index is -0.930. The zero-order chi connectivity index (χ0) is 18.3. The summed E-state index contributed by atoms with van der Waals surface area (Å²) in [5.41, 5.74) is 4.79. The number of pyridine rings is 1. The van der Waals surface area contributed by atoms with Gasteiger partial charge in [0.25, 0.3) is 0 Å². The standard InChI is InChI=1S/C20H20BrClN2O2/c21-15-9-14-2-1-13-10-16(22)3-4-17(13)19(18(14)23-11-15)24-7-5-12(6-8-24)20(25)26/h3-4,9-12,19H,1-2,5-8H2,(H,25,26)/p-1. The summed E-state index contributed by atoms with van der Waals surface area (Å²) in [5.74, 6) is -1.28. The lowest BCUT2D eigenvalue weighted by Crippen LogP contribution is -2.43. The van der Waals surface area contributed by atoms with Crippen LogP contribution in [-0.4, -0.2) is 28.9 Å². The van der Waals surface area contributed by atoms with Crippen LogP contribution in [-0.2, 0) is 17.6 Å². The van der Waals surface area contributed by atoms with E-state index in [1.807, 2.05) is 12.3 Å². The molecule has 0 spiro atoms. The number of piperidine rings is 1. The number of aryl methyl sites for hydroxylation is 2. The van der Waals surface area contributed by atoms with Gasteiger partial charge in [0.15, 0.2) is 0 Å². The quantitative estimate of drug-likeness (QED) is 0.729. The summed E-state index contributed by atoms with van der Waals surface area (Å²) in [6, 6.07) is 8.28. The second-order valence-corrected chi connectivity index (χ2v) is 8.42. The molecule has 4 nitrogen and oxygen atoms in total. The van der Waals surface area contributed by atoms with E-state index in [4.69, 9.17) is 16.6 Å². The second kappa shape index (κ2) is 7.29. The maximum Gasteiger partial charge on any atom is 0.0781 e. The number of fused-ring (bicyclic) bond motifs is 2. The van der Waals surface area contributed by atoms with Gasteiger partial charge in [-0.15, -0.1) is 0 Å². The van der Waals surface area contributed by atoms with Gasteiger partial charge in [-0.05, 0) is 89.6 Å². The largest absolute Gasteiger partial charge is 0.550 e. The molecular formula is C20H19BrClN2O2-. The zero-order valence-electron chi connectivity index (χ0n) is 14.3. The Morgan fingerprint density at radius 2 is 1.92 bits per heavy atom. The van der Waals surface area contributed by atoms with Crippen molar-refractivity contribution in [1.29, 1.82) is 0 Å². The van der Waals surface area contributed by atoms with E-state index in [0.29, 0.717) is 12.8 Å². The predicted molar refractivity (Wildman–Crippen MR) is 102 cm³/mol. The maximum absolute atomic E-state index is 11.2. The van der Waals surface area contributed by atoms with Gasteiger partial charge in [-0.2, -0.15) is 0 Å². The van der Waals surface area contributed by atoms with E-state index in [1.165, 1.54) is 16.7 Å². The van der Waals surface area contributed by atoms with E-state index in [2.05, 4.69) is 39.0 Å². The van der Waals surface area contributed by atoms with Crippen molar-refractivity contribution >= 4 is 33.5 Å². The third-order valence-electron chi connectivity index (χ3n) is 5.52. The van der Waals surface area contributed by atoms with Crippen molar-refractivity contribution in [3.05, 3.63) is 62.3 Å². The number of hydrogen-bond acceptors (Lipinski definition) is 4. The molecule has 0 radical (unpaired) electrons. The number of aromatic nitrogens is 1. The summed E-state index contributed by atoms with van der Waals surface area (Å²) in [6.07, 6.45) is 4.93. The first kappa shape index (κ1) is 18.0. The molecule has 1 atom stereocenters. The summed E-state index contributed by atoms with van der Waals surface area (Å²) < 4.78 is 0.981. The Bertz CT molecular complexity index is 796. The molecule has 0 amide bonds. The molecule has 136 valence electrons. The Kier molecular flexibility index (Phi) is 5.04. The number of aliphatic carboxylic acids is 1. The first-order valence-corrected chi connectivity index (χ1v) is 10.1. The molecule has 1 aromatic carbocycles. The van der Waals surface area contributed by atoms with Crippen molar-refractivity contribution in [2.75, 3.05) is 13.1 Å². The maximum atomic E-state index is 11.2. The number of likely N-dealkylation sites (tertiary alicyclic amines) is 1. The van der Waals surface area contributed by atoms with Crippen LogP contribution in [0.3, 0.4) is 0 Å². The van der Waals surface area contributed by atoms with Crippen molar-refractivity contribution in [3.63, 3.8) is 0 Å². The van der Waals surface area contributed by atoms with Crippen LogP contribution < -0.4 is 5.11 Å². The Balaban J connectivity index is 1.76. The average molecular weight is 435 g/mol. The molecule has 1 saturated heterocycles. The van der Waals surface area contributed by atoms with Crippen LogP contribution >= 0.6 is 27.5 Å². The molecule has 0 bridgehead atoms. The molecule has 0 N–H and O–H groups in total. The van der Waals surface area contributed by atoms with E-state index < -0.39 is 5.97 Å². The van der Waals surface area contributed by atoms with Crippen molar-refractivity contribution < 1.29 is 9.90 Å². The summed E-state index contributed by atoms with van der Waals surface area (Å²) >= 11 is 9.78. The first-order valence-electron chi connectivity index (χ1n) is 8.90. The van der Waals surface area contributed by atoms with E-state index in [0.717, 1.165) is 41.1 Å². The number of rotatable bonds is 2. The number of halogens is 2. The van der Waals surface area contributed by atoms with Crippen LogP contribution in [0.5, 0.6) is 0 Å². The van der Waals surface area contributed by atoms with Gasteiger partial charge in [0, 0.05) is 27.6 Å². The van der Waals surface area contributed by atoms with Crippen LogP contribution in [0.1, 0.15) is 41.3 Å². The van der Waals surface area contributed by atoms with E-state index >= 15 is 0 Å². The van der Waals surface area contributed by atoms with Gasteiger partial charge in [0.2, 0.25) is 0 Å². The Morgan fingerprint density at radius 3 is 2.65 bits per heavy atom. The van der Waals surface area contributed by atoms with Crippen LogP contribution in [0.15, 0.2) is 34.9 Å².